The minimum atomic E-state index is -0.137. The predicted molar refractivity (Wildman–Crippen MR) is 117 cm³/mol. The second kappa shape index (κ2) is 9.14. The third-order valence-corrected chi connectivity index (χ3v) is 5.84. The van der Waals surface area contributed by atoms with Crippen molar-refractivity contribution in [3.8, 4) is 5.75 Å². The van der Waals surface area contributed by atoms with Crippen molar-refractivity contribution < 1.29 is 10.2 Å². The lowest BCUT2D eigenvalue weighted by Crippen LogP contribution is -1.93. The third kappa shape index (κ3) is 4.15. The van der Waals surface area contributed by atoms with Crippen LogP contribution >= 0.6 is 0 Å². The molecule has 0 bridgehead atoms. The van der Waals surface area contributed by atoms with Crippen molar-refractivity contribution in [2.45, 2.75) is 58.5 Å². The predicted octanol–water partition coefficient (Wildman–Crippen LogP) is 5.25. The lowest BCUT2D eigenvalue weighted by molar-refractivity contribution is 0.280. The van der Waals surface area contributed by atoms with Crippen LogP contribution in [0.4, 0.5) is 0 Å². The number of rotatable bonds is 4. The van der Waals surface area contributed by atoms with E-state index in [0.717, 1.165) is 22.9 Å². The van der Waals surface area contributed by atoms with Gasteiger partial charge in [-0.2, -0.15) is 0 Å². The molecule has 0 radical (unpaired) electrons. The SMILES string of the molecule is C=Cc1c(CO)cnc(C)c1O.CCC1CC(CC)c2cc3nccnc3cc21. The Morgan fingerprint density at radius 2 is 1.59 bits per heavy atom. The summed E-state index contributed by atoms with van der Waals surface area (Å²) in [5, 5.41) is 18.3. The van der Waals surface area contributed by atoms with E-state index in [1.54, 1.807) is 19.3 Å². The monoisotopic (exact) mass is 391 g/mol. The summed E-state index contributed by atoms with van der Waals surface area (Å²) in [5.41, 5.74) is 6.82. The van der Waals surface area contributed by atoms with Crippen LogP contribution in [0.5, 0.6) is 5.75 Å². The number of aromatic nitrogens is 3. The topological polar surface area (TPSA) is 79.1 Å². The number of aliphatic hydroxyl groups is 1. The summed E-state index contributed by atoms with van der Waals surface area (Å²) < 4.78 is 0. The Labute approximate surface area is 172 Å². The van der Waals surface area contributed by atoms with E-state index in [9.17, 15) is 5.11 Å². The van der Waals surface area contributed by atoms with E-state index >= 15 is 0 Å². The first-order valence-corrected chi connectivity index (χ1v) is 10.2. The van der Waals surface area contributed by atoms with E-state index in [0.29, 0.717) is 16.8 Å². The summed E-state index contributed by atoms with van der Waals surface area (Å²) in [6.45, 7) is 9.67. The second-order valence-electron chi connectivity index (χ2n) is 7.47. The second-order valence-corrected chi connectivity index (χ2v) is 7.47. The molecule has 0 amide bonds. The Hall–Kier alpha value is -2.79. The quantitative estimate of drug-likeness (QED) is 0.635. The standard InChI is InChI=1S/C15H18N2.C9H11NO2/c1-3-10-7-11(4-2)13-9-15-14(8-12(10)13)16-5-6-17-15;1-3-8-7(5-11)4-10-6(2)9(8)12/h5-6,8-11H,3-4,7H2,1-2H3;3-4,11-12H,1,5H2,2H3. The molecule has 2 heterocycles. The van der Waals surface area contributed by atoms with Crippen molar-refractivity contribution >= 4 is 17.1 Å². The Kier molecular flexibility index (Phi) is 6.60. The lowest BCUT2D eigenvalue weighted by atomic mass is 9.98. The Morgan fingerprint density at radius 3 is 2.03 bits per heavy atom. The number of nitrogens with zero attached hydrogens (tertiary/aromatic N) is 3. The van der Waals surface area contributed by atoms with E-state index in [1.807, 2.05) is 0 Å². The van der Waals surface area contributed by atoms with Crippen molar-refractivity contribution in [3.63, 3.8) is 0 Å². The molecule has 1 aliphatic carbocycles. The van der Waals surface area contributed by atoms with Crippen LogP contribution in [0.2, 0.25) is 0 Å². The fourth-order valence-corrected chi connectivity index (χ4v) is 4.13. The summed E-state index contributed by atoms with van der Waals surface area (Å²) in [6, 6.07) is 4.53. The molecule has 0 saturated carbocycles. The maximum absolute atomic E-state index is 9.46. The first kappa shape index (κ1) is 20.9. The van der Waals surface area contributed by atoms with Crippen molar-refractivity contribution in [1.29, 1.82) is 0 Å². The molecule has 0 aliphatic heterocycles. The maximum Gasteiger partial charge on any atom is 0.144 e. The van der Waals surface area contributed by atoms with Gasteiger partial charge in [0.15, 0.2) is 0 Å². The molecule has 5 nitrogen and oxygen atoms in total. The largest absolute Gasteiger partial charge is 0.505 e. The van der Waals surface area contributed by atoms with Gasteiger partial charge in [-0.15, -0.1) is 0 Å². The number of aromatic hydroxyl groups is 1. The molecular weight excluding hydrogens is 362 g/mol. The Bertz CT molecular complexity index is 968. The van der Waals surface area contributed by atoms with Crippen molar-refractivity contribution in [3.05, 3.63) is 65.2 Å². The van der Waals surface area contributed by atoms with Gasteiger partial charge in [-0.25, -0.2) is 0 Å². The van der Waals surface area contributed by atoms with Crippen LogP contribution in [-0.4, -0.2) is 25.2 Å². The third-order valence-electron chi connectivity index (χ3n) is 5.84. The number of aliphatic hydroxyl groups excluding tert-OH is 1. The average molecular weight is 392 g/mol. The van der Waals surface area contributed by atoms with Crippen LogP contribution in [0, 0.1) is 6.92 Å². The zero-order valence-electron chi connectivity index (χ0n) is 17.4. The van der Waals surface area contributed by atoms with Crippen LogP contribution in [-0.2, 0) is 6.61 Å². The van der Waals surface area contributed by atoms with Gasteiger partial charge >= 0.3 is 0 Å². The van der Waals surface area contributed by atoms with Gasteiger partial charge in [-0.05, 0) is 61.3 Å². The fourth-order valence-electron chi connectivity index (χ4n) is 4.13. The first-order valence-electron chi connectivity index (χ1n) is 10.2. The number of hydrogen-bond donors (Lipinski definition) is 2. The van der Waals surface area contributed by atoms with Crippen LogP contribution in [0.25, 0.3) is 17.1 Å². The normalized spacial score (nSPS) is 17.5. The summed E-state index contributed by atoms with van der Waals surface area (Å²) in [7, 11) is 0. The van der Waals surface area contributed by atoms with Crippen LogP contribution < -0.4 is 0 Å². The number of fused-ring (bicyclic) bond motifs is 2. The van der Waals surface area contributed by atoms with Gasteiger partial charge in [0.2, 0.25) is 0 Å². The Morgan fingerprint density at radius 1 is 1.03 bits per heavy atom. The molecule has 152 valence electrons. The highest BCUT2D eigenvalue weighted by atomic mass is 16.3. The van der Waals surface area contributed by atoms with E-state index in [4.69, 9.17) is 5.11 Å². The molecule has 2 unspecified atom stereocenters. The molecule has 2 atom stereocenters. The highest BCUT2D eigenvalue weighted by Crippen LogP contribution is 2.45. The van der Waals surface area contributed by atoms with Crippen LogP contribution in [0.1, 0.15) is 72.9 Å². The molecular formula is C24H29N3O2. The molecule has 1 aliphatic rings. The van der Waals surface area contributed by atoms with Gasteiger partial charge in [0.1, 0.15) is 5.75 Å². The molecule has 2 N–H and O–H groups in total. The molecule has 0 spiro atoms. The van der Waals surface area contributed by atoms with Gasteiger partial charge in [0, 0.05) is 29.7 Å². The van der Waals surface area contributed by atoms with Gasteiger partial charge in [-0.1, -0.05) is 26.5 Å². The molecule has 5 heteroatoms. The van der Waals surface area contributed by atoms with E-state index in [-0.39, 0.29) is 12.4 Å². The number of aryl methyl sites for hydroxylation is 1. The molecule has 0 fully saturated rings. The zero-order chi connectivity index (χ0) is 21.0. The molecule has 0 saturated heterocycles. The van der Waals surface area contributed by atoms with Crippen molar-refractivity contribution in [2.24, 2.45) is 0 Å². The summed E-state index contributed by atoms with van der Waals surface area (Å²) in [5.74, 6) is 1.54. The van der Waals surface area contributed by atoms with Gasteiger partial charge in [0.25, 0.3) is 0 Å². The van der Waals surface area contributed by atoms with Crippen LogP contribution in [0.3, 0.4) is 0 Å². The minimum Gasteiger partial charge on any atom is -0.505 e. The molecule has 2 aromatic heterocycles. The summed E-state index contributed by atoms with van der Waals surface area (Å²) >= 11 is 0. The zero-order valence-corrected chi connectivity index (χ0v) is 17.4. The van der Waals surface area contributed by atoms with E-state index < -0.39 is 0 Å². The van der Waals surface area contributed by atoms with E-state index in [2.05, 4.69) is 47.5 Å². The van der Waals surface area contributed by atoms with Crippen molar-refractivity contribution in [1.82, 2.24) is 15.0 Å². The van der Waals surface area contributed by atoms with E-state index in [1.165, 1.54) is 42.7 Å². The highest BCUT2D eigenvalue weighted by molar-refractivity contribution is 5.77. The molecule has 3 aromatic rings. The minimum absolute atomic E-state index is 0.0940. The molecule has 1 aromatic carbocycles. The van der Waals surface area contributed by atoms with Crippen molar-refractivity contribution in [2.75, 3.05) is 0 Å². The number of pyridine rings is 1. The van der Waals surface area contributed by atoms with Gasteiger partial charge < -0.3 is 10.2 Å². The highest BCUT2D eigenvalue weighted by Gasteiger charge is 2.29. The maximum atomic E-state index is 9.46. The van der Waals surface area contributed by atoms with Crippen LogP contribution in [0.15, 0.2) is 37.3 Å². The smallest absolute Gasteiger partial charge is 0.144 e. The summed E-state index contributed by atoms with van der Waals surface area (Å²) in [6.07, 6.45) is 10.4. The number of benzene rings is 1. The van der Waals surface area contributed by atoms with Gasteiger partial charge in [-0.3, -0.25) is 15.0 Å². The molecule has 29 heavy (non-hydrogen) atoms. The average Bonchev–Trinajstić information content (AvgIpc) is 3.11. The fraction of sp³-hybridized carbons (Fsp3) is 0.375. The Balaban J connectivity index is 0.000000177. The number of hydrogen-bond acceptors (Lipinski definition) is 5. The first-order chi connectivity index (χ1) is 14.0. The lowest BCUT2D eigenvalue weighted by Gasteiger charge is -2.08. The summed E-state index contributed by atoms with van der Waals surface area (Å²) in [4.78, 5) is 12.7. The molecule has 4 rings (SSSR count). The van der Waals surface area contributed by atoms with Gasteiger partial charge in [0.05, 0.1) is 23.3 Å².